The third-order valence-electron chi connectivity index (χ3n) is 2.29. The summed E-state index contributed by atoms with van der Waals surface area (Å²) in [6.07, 6.45) is 3.88. The molecule has 0 radical (unpaired) electrons. The summed E-state index contributed by atoms with van der Waals surface area (Å²) < 4.78 is 27.4. The number of carbonyl (C=O) groups excluding carboxylic acids is 1. The van der Waals surface area contributed by atoms with Crippen molar-refractivity contribution in [1.82, 2.24) is 0 Å². The zero-order valence-electron chi connectivity index (χ0n) is 10.6. The molecule has 0 fully saturated rings. The van der Waals surface area contributed by atoms with Crippen LogP contribution >= 0.6 is 0 Å². The normalized spacial score (nSPS) is 24.6. The SMILES string of the molecule is CC(C)(C)OC(=O)C1(N)C=CC(S(N)(=O)=O)=CC1. The first kappa shape index (κ1) is 14.9. The third kappa shape index (κ3) is 3.66. The summed E-state index contributed by atoms with van der Waals surface area (Å²) in [6.45, 7) is 5.19. The first-order valence-corrected chi connectivity index (χ1v) is 6.93. The Balaban J connectivity index is 2.87. The van der Waals surface area contributed by atoms with Gasteiger partial charge in [-0.1, -0.05) is 12.2 Å². The highest BCUT2D eigenvalue weighted by Crippen LogP contribution is 2.24. The second-order valence-electron chi connectivity index (χ2n) is 5.23. The molecule has 18 heavy (non-hydrogen) atoms. The predicted molar refractivity (Wildman–Crippen MR) is 67.7 cm³/mol. The van der Waals surface area contributed by atoms with E-state index < -0.39 is 27.1 Å². The van der Waals surface area contributed by atoms with E-state index in [1.807, 2.05) is 0 Å². The lowest BCUT2D eigenvalue weighted by Gasteiger charge is -2.29. The van der Waals surface area contributed by atoms with Crippen LogP contribution in [0.15, 0.2) is 23.1 Å². The molecule has 0 aromatic heterocycles. The van der Waals surface area contributed by atoms with Crippen LogP contribution in [0.25, 0.3) is 0 Å². The van der Waals surface area contributed by atoms with Crippen LogP contribution in [-0.2, 0) is 19.6 Å². The zero-order chi connectivity index (χ0) is 14.2. The van der Waals surface area contributed by atoms with Gasteiger partial charge < -0.3 is 10.5 Å². The van der Waals surface area contributed by atoms with E-state index in [-0.39, 0.29) is 11.3 Å². The van der Waals surface area contributed by atoms with Gasteiger partial charge in [0.15, 0.2) is 0 Å². The molecular weight excluding hydrogens is 256 g/mol. The molecule has 102 valence electrons. The van der Waals surface area contributed by atoms with Crippen LogP contribution in [0.5, 0.6) is 0 Å². The average molecular weight is 274 g/mol. The van der Waals surface area contributed by atoms with E-state index in [0.717, 1.165) is 0 Å². The van der Waals surface area contributed by atoms with Gasteiger partial charge in [0, 0.05) is 0 Å². The number of ether oxygens (including phenoxy) is 1. The maximum absolute atomic E-state index is 11.9. The van der Waals surface area contributed by atoms with E-state index in [4.69, 9.17) is 15.6 Å². The number of allylic oxidation sites excluding steroid dienone is 1. The topological polar surface area (TPSA) is 112 Å². The first-order chi connectivity index (χ1) is 7.94. The first-order valence-electron chi connectivity index (χ1n) is 5.39. The Morgan fingerprint density at radius 2 is 2.00 bits per heavy atom. The molecule has 0 saturated carbocycles. The number of carbonyl (C=O) groups is 1. The van der Waals surface area contributed by atoms with Crippen LogP contribution in [-0.4, -0.2) is 25.5 Å². The molecule has 1 unspecified atom stereocenters. The summed E-state index contributed by atoms with van der Waals surface area (Å²) in [5, 5.41) is 4.97. The van der Waals surface area contributed by atoms with E-state index >= 15 is 0 Å². The van der Waals surface area contributed by atoms with Crippen molar-refractivity contribution in [3.63, 3.8) is 0 Å². The smallest absolute Gasteiger partial charge is 0.331 e. The molecule has 0 amide bonds. The van der Waals surface area contributed by atoms with Crippen molar-refractivity contribution >= 4 is 16.0 Å². The molecule has 0 bridgehead atoms. The lowest BCUT2D eigenvalue weighted by atomic mass is 9.92. The molecule has 0 saturated heterocycles. The molecule has 0 spiro atoms. The average Bonchev–Trinajstić information content (AvgIpc) is 2.14. The van der Waals surface area contributed by atoms with Gasteiger partial charge in [-0.3, -0.25) is 0 Å². The number of nitrogens with two attached hydrogens (primary N) is 2. The summed E-state index contributed by atoms with van der Waals surface area (Å²) in [5.74, 6) is -0.601. The van der Waals surface area contributed by atoms with Crippen molar-refractivity contribution in [2.24, 2.45) is 10.9 Å². The van der Waals surface area contributed by atoms with Crippen molar-refractivity contribution < 1.29 is 17.9 Å². The largest absolute Gasteiger partial charge is 0.458 e. The Morgan fingerprint density at radius 3 is 2.33 bits per heavy atom. The third-order valence-corrected chi connectivity index (χ3v) is 3.25. The standard InChI is InChI=1S/C11H18N2O4S/c1-10(2,3)17-9(14)11(12)6-4-8(5-7-11)18(13,15)16/h4-6H,7,12H2,1-3H3,(H2,13,15,16). The molecule has 4 N–H and O–H groups in total. The van der Waals surface area contributed by atoms with Crippen LogP contribution in [0.4, 0.5) is 0 Å². The molecular formula is C11H18N2O4S. The molecule has 7 heteroatoms. The molecule has 6 nitrogen and oxygen atoms in total. The molecule has 0 heterocycles. The summed E-state index contributed by atoms with van der Waals surface area (Å²) in [7, 11) is -3.77. The minimum absolute atomic E-state index is 0.0319. The van der Waals surface area contributed by atoms with Crippen LogP contribution in [0.2, 0.25) is 0 Å². The number of sulfonamides is 1. The maximum Gasteiger partial charge on any atom is 0.331 e. The van der Waals surface area contributed by atoms with E-state index in [0.29, 0.717) is 0 Å². The van der Waals surface area contributed by atoms with Gasteiger partial charge in [0.25, 0.3) is 0 Å². The van der Waals surface area contributed by atoms with E-state index in [1.165, 1.54) is 18.2 Å². The summed E-state index contributed by atoms with van der Waals surface area (Å²) in [5.41, 5.74) is 3.88. The van der Waals surface area contributed by atoms with E-state index in [9.17, 15) is 13.2 Å². The number of rotatable bonds is 2. The lowest BCUT2D eigenvalue weighted by molar-refractivity contribution is -0.159. The molecule has 0 aromatic carbocycles. The monoisotopic (exact) mass is 274 g/mol. The van der Waals surface area contributed by atoms with Crippen molar-refractivity contribution in [3.8, 4) is 0 Å². The minimum Gasteiger partial charge on any atom is -0.458 e. The molecule has 1 aliphatic rings. The van der Waals surface area contributed by atoms with E-state index in [2.05, 4.69) is 0 Å². The Bertz CT molecular complexity index is 514. The predicted octanol–water partition coefficient (Wildman–Crippen LogP) is 0.158. The highest BCUT2D eigenvalue weighted by molar-refractivity contribution is 7.93. The van der Waals surface area contributed by atoms with Gasteiger partial charge >= 0.3 is 5.97 Å². The molecule has 1 rings (SSSR count). The van der Waals surface area contributed by atoms with Crippen molar-refractivity contribution in [1.29, 1.82) is 0 Å². The fourth-order valence-electron chi connectivity index (χ4n) is 1.37. The highest BCUT2D eigenvalue weighted by Gasteiger charge is 2.37. The fraction of sp³-hybridized carbons (Fsp3) is 0.545. The zero-order valence-corrected chi connectivity index (χ0v) is 11.5. The Hall–Kier alpha value is -1.18. The second kappa shape index (κ2) is 4.49. The van der Waals surface area contributed by atoms with Gasteiger partial charge in [0.2, 0.25) is 10.0 Å². The maximum atomic E-state index is 11.9. The molecule has 1 aliphatic carbocycles. The molecule has 1 atom stereocenters. The van der Waals surface area contributed by atoms with E-state index in [1.54, 1.807) is 20.8 Å². The molecule has 0 aliphatic heterocycles. The number of hydrogen-bond acceptors (Lipinski definition) is 5. The van der Waals surface area contributed by atoms with Gasteiger partial charge in [-0.15, -0.1) is 0 Å². The molecule has 0 aromatic rings. The Morgan fingerprint density at radius 1 is 1.44 bits per heavy atom. The lowest BCUT2D eigenvalue weighted by Crippen LogP contribution is -2.50. The van der Waals surface area contributed by atoms with Crippen molar-refractivity contribution in [2.45, 2.75) is 38.3 Å². The van der Waals surface area contributed by atoms with Gasteiger partial charge in [0.05, 0.1) is 4.91 Å². The number of hydrogen-bond donors (Lipinski definition) is 2. The summed E-state index contributed by atoms with van der Waals surface area (Å²) in [4.78, 5) is 11.8. The van der Waals surface area contributed by atoms with Gasteiger partial charge in [-0.2, -0.15) is 0 Å². The number of primary sulfonamides is 1. The van der Waals surface area contributed by atoms with Crippen molar-refractivity contribution in [3.05, 3.63) is 23.1 Å². The van der Waals surface area contributed by atoms with Crippen LogP contribution < -0.4 is 10.9 Å². The minimum atomic E-state index is -3.77. The van der Waals surface area contributed by atoms with Gasteiger partial charge in [-0.05, 0) is 33.3 Å². The van der Waals surface area contributed by atoms with Crippen LogP contribution in [0.1, 0.15) is 27.2 Å². The van der Waals surface area contributed by atoms with Crippen LogP contribution in [0.3, 0.4) is 0 Å². The second-order valence-corrected chi connectivity index (χ2v) is 6.79. The van der Waals surface area contributed by atoms with Gasteiger partial charge in [-0.25, -0.2) is 18.4 Å². The highest BCUT2D eigenvalue weighted by atomic mass is 32.2. The summed E-state index contributed by atoms with van der Waals surface area (Å²) >= 11 is 0. The number of esters is 1. The van der Waals surface area contributed by atoms with Crippen molar-refractivity contribution in [2.75, 3.05) is 0 Å². The summed E-state index contributed by atoms with van der Waals surface area (Å²) in [6, 6.07) is 0. The van der Waals surface area contributed by atoms with Gasteiger partial charge in [0.1, 0.15) is 11.1 Å². The quantitative estimate of drug-likeness (QED) is 0.696. The Kier molecular flexibility index (Phi) is 3.71. The Labute approximate surface area is 107 Å². The van der Waals surface area contributed by atoms with Crippen LogP contribution in [0, 0.1) is 0 Å². The fourth-order valence-corrected chi connectivity index (χ4v) is 1.95.